The molecule has 0 aromatic heterocycles. The zero-order chi connectivity index (χ0) is 16.8. The van der Waals surface area contributed by atoms with E-state index in [4.69, 9.17) is 4.74 Å². The number of anilines is 1. The van der Waals surface area contributed by atoms with Gasteiger partial charge in [0.1, 0.15) is 0 Å². The van der Waals surface area contributed by atoms with E-state index in [0.29, 0.717) is 42.9 Å². The summed E-state index contributed by atoms with van der Waals surface area (Å²) in [6.07, 6.45) is -0.391. The second kappa shape index (κ2) is 7.96. The number of benzene rings is 1. The minimum Gasteiger partial charge on any atom is -0.450 e. The van der Waals surface area contributed by atoms with Gasteiger partial charge in [-0.25, -0.2) is 4.79 Å². The quantitative estimate of drug-likeness (QED) is 0.788. The average Bonchev–Trinajstić information content (AvgIpc) is 2.56. The standard InChI is InChI=1S/C15H18BrN3O4/c1-2-23-15(22)19-9-7-18(8-10-19)14(21)13(20)17-12-6-4-3-5-11(12)16/h3-6H,2,7-10H2,1H3,(H,17,20). The molecular formula is C15H18BrN3O4. The largest absolute Gasteiger partial charge is 0.450 e. The molecule has 3 amide bonds. The molecule has 1 heterocycles. The van der Waals surface area contributed by atoms with Gasteiger partial charge in [0.05, 0.1) is 12.3 Å². The number of hydrogen-bond acceptors (Lipinski definition) is 4. The van der Waals surface area contributed by atoms with E-state index >= 15 is 0 Å². The number of carbonyl (C=O) groups is 3. The first-order valence-corrected chi connectivity index (χ1v) is 8.08. The molecule has 23 heavy (non-hydrogen) atoms. The van der Waals surface area contributed by atoms with E-state index in [1.165, 1.54) is 9.80 Å². The molecule has 2 rings (SSSR count). The lowest BCUT2D eigenvalue weighted by atomic mass is 10.3. The van der Waals surface area contributed by atoms with Crippen molar-refractivity contribution in [2.24, 2.45) is 0 Å². The third kappa shape index (κ3) is 4.44. The molecule has 0 bridgehead atoms. The highest BCUT2D eigenvalue weighted by Gasteiger charge is 2.28. The van der Waals surface area contributed by atoms with E-state index < -0.39 is 17.9 Å². The maximum atomic E-state index is 12.2. The van der Waals surface area contributed by atoms with Crippen LogP contribution < -0.4 is 5.32 Å². The minimum atomic E-state index is -0.693. The molecule has 1 saturated heterocycles. The van der Waals surface area contributed by atoms with Crippen LogP contribution >= 0.6 is 15.9 Å². The fourth-order valence-corrected chi connectivity index (χ4v) is 2.57. The first-order valence-electron chi connectivity index (χ1n) is 7.29. The van der Waals surface area contributed by atoms with E-state index in [-0.39, 0.29) is 0 Å². The van der Waals surface area contributed by atoms with Crippen LogP contribution in [0.15, 0.2) is 28.7 Å². The predicted molar refractivity (Wildman–Crippen MR) is 87.9 cm³/mol. The molecule has 0 atom stereocenters. The molecule has 1 N–H and O–H groups in total. The van der Waals surface area contributed by atoms with Gasteiger partial charge in [0, 0.05) is 30.7 Å². The SMILES string of the molecule is CCOC(=O)N1CCN(C(=O)C(=O)Nc2ccccc2Br)CC1. The van der Waals surface area contributed by atoms with E-state index in [1.807, 2.05) is 6.07 Å². The van der Waals surface area contributed by atoms with E-state index in [0.717, 1.165) is 0 Å². The van der Waals surface area contributed by atoms with Crippen LogP contribution in [0.5, 0.6) is 0 Å². The number of piperazine rings is 1. The maximum Gasteiger partial charge on any atom is 0.409 e. The van der Waals surface area contributed by atoms with Gasteiger partial charge in [-0.2, -0.15) is 0 Å². The average molecular weight is 384 g/mol. The van der Waals surface area contributed by atoms with Crippen molar-refractivity contribution >= 4 is 39.5 Å². The van der Waals surface area contributed by atoms with Crippen LogP contribution in [0.2, 0.25) is 0 Å². The van der Waals surface area contributed by atoms with Crippen molar-refractivity contribution in [3.63, 3.8) is 0 Å². The van der Waals surface area contributed by atoms with Crippen molar-refractivity contribution in [2.75, 3.05) is 38.1 Å². The fraction of sp³-hybridized carbons (Fsp3) is 0.400. The maximum absolute atomic E-state index is 12.2. The van der Waals surface area contributed by atoms with Gasteiger partial charge in [0.25, 0.3) is 0 Å². The summed E-state index contributed by atoms with van der Waals surface area (Å²) >= 11 is 3.31. The number of hydrogen-bond donors (Lipinski definition) is 1. The van der Waals surface area contributed by atoms with Gasteiger partial charge >= 0.3 is 17.9 Å². The van der Waals surface area contributed by atoms with Crippen molar-refractivity contribution in [3.05, 3.63) is 28.7 Å². The van der Waals surface area contributed by atoms with Gasteiger partial charge in [0.15, 0.2) is 0 Å². The summed E-state index contributed by atoms with van der Waals surface area (Å²) in [4.78, 5) is 38.8. The number of carbonyl (C=O) groups excluding carboxylic acids is 3. The molecule has 1 aliphatic rings. The second-order valence-corrected chi connectivity index (χ2v) is 5.77. The number of halogens is 1. The summed E-state index contributed by atoms with van der Waals surface area (Å²) in [5.74, 6) is -1.30. The van der Waals surface area contributed by atoms with Crippen molar-refractivity contribution in [1.29, 1.82) is 0 Å². The summed E-state index contributed by atoms with van der Waals surface area (Å²) < 4.78 is 5.62. The molecule has 0 aliphatic carbocycles. The Morgan fingerprint density at radius 2 is 1.74 bits per heavy atom. The zero-order valence-electron chi connectivity index (χ0n) is 12.8. The topological polar surface area (TPSA) is 79.0 Å². The minimum absolute atomic E-state index is 0.307. The molecule has 1 aromatic rings. The lowest BCUT2D eigenvalue weighted by Crippen LogP contribution is -2.53. The third-order valence-corrected chi connectivity index (χ3v) is 4.10. The first-order chi connectivity index (χ1) is 11.0. The molecule has 0 spiro atoms. The molecule has 0 unspecified atom stereocenters. The molecule has 0 radical (unpaired) electrons. The van der Waals surface area contributed by atoms with Gasteiger partial charge in [-0.15, -0.1) is 0 Å². The van der Waals surface area contributed by atoms with Crippen molar-refractivity contribution in [1.82, 2.24) is 9.80 Å². The summed E-state index contributed by atoms with van der Waals surface area (Å²) in [6.45, 7) is 3.37. The van der Waals surface area contributed by atoms with E-state index in [9.17, 15) is 14.4 Å². The summed E-state index contributed by atoms with van der Waals surface area (Å²) in [6, 6.07) is 7.06. The van der Waals surface area contributed by atoms with Crippen molar-refractivity contribution < 1.29 is 19.1 Å². The van der Waals surface area contributed by atoms with Crippen LogP contribution in [0, 0.1) is 0 Å². The van der Waals surface area contributed by atoms with Crippen LogP contribution in [-0.4, -0.2) is 60.5 Å². The number of nitrogens with zero attached hydrogens (tertiary/aromatic N) is 2. The number of nitrogens with one attached hydrogen (secondary N) is 1. The number of rotatable bonds is 2. The highest BCUT2D eigenvalue weighted by Crippen LogP contribution is 2.21. The number of para-hydroxylation sites is 1. The van der Waals surface area contributed by atoms with Crippen molar-refractivity contribution in [3.8, 4) is 0 Å². The Morgan fingerprint density at radius 1 is 1.13 bits per heavy atom. The molecule has 7 nitrogen and oxygen atoms in total. The summed E-state index contributed by atoms with van der Waals surface area (Å²) in [7, 11) is 0. The lowest BCUT2D eigenvalue weighted by Gasteiger charge is -2.33. The molecule has 0 saturated carbocycles. The Bertz CT molecular complexity index is 600. The predicted octanol–water partition coefficient (Wildman–Crippen LogP) is 1.69. The fourth-order valence-electron chi connectivity index (χ4n) is 2.19. The van der Waals surface area contributed by atoms with Gasteiger partial charge < -0.3 is 19.9 Å². The van der Waals surface area contributed by atoms with Gasteiger partial charge in [-0.05, 0) is 35.0 Å². The van der Waals surface area contributed by atoms with Crippen molar-refractivity contribution in [2.45, 2.75) is 6.92 Å². The molecule has 1 aliphatic heterocycles. The molecule has 1 fully saturated rings. The van der Waals surface area contributed by atoms with E-state index in [1.54, 1.807) is 25.1 Å². The third-order valence-electron chi connectivity index (χ3n) is 3.41. The van der Waals surface area contributed by atoms with Crippen LogP contribution in [0.3, 0.4) is 0 Å². The summed E-state index contributed by atoms with van der Waals surface area (Å²) in [5.41, 5.74) is 0.538. The van der Waals surface area contributed by atoms with Gasteiger partial charge in [0.2, 0.25) is 0 Å². The van der Waals surface area contributed by atoms with Gasteiger partial charge in [-0.3, -0.25) is 9.59 Å². The lowest BCUT2D eigenvalue weighted by molar-refractivity contribution is -0.144. The highest BCUT2D eigenvalue weighted by molar-refractivity contribution is 9.10. The van der Waals surface area contributed by atoms with E-state index in [2.05, 4.69) is 21.2 Å². The summed E-state index contributed by atoms with van der Waals surface area (Å²) in [5, 5.41) is 2.58. The molecule has 124 valence electrons. The second-order valence-electron chi connectivity index (χ2n) is 4.91. The van der Waals surface area contributed by atoms with Gasteiger partial charge in [-0.1, -0.05) is 12.1 Å². The van der Waals surface area contributed by atoms with Crippen LogP contribution in [-0.2, 0) is 14.3 Å². The highest BCUT2D eigenvalue weighted by atomic mass is 79.9. The Balaban J connectivity index is 1.88. The first kappa shape index (κ1) is 17.3. The Labute approximate surface area is 142 Å². The zero-order valence-corrected chi connectivity index (χ0v) is 14.3. The molecule has 1 aromatic carbocycles. The number of amides is 3. The Hall–Kier alpha value is -2.09. The van der Waals surface area contributed by atoms with Crippen LogP contribution in [0.4, 0.5) is 10.5 Å². The van der Waals surface area contributed by atoms with Crippen LogP contribution in [0.25, 0.3) is 0 Å². The molecular weight excluding hydrogens is 366 g/mol. The monoisotopic (exact) mass is 383 g/mol. The smallest absolute Gasteiger partial charge is 0.409 e. The Kier molecular flexibility index (Phi) is 5.97. The Morgan fingerprint density at radius 3 is 2.35 bits per heavy atom. The normalized spacial score (nSPS) is 14.3. The molecule has 8 heteroatoms. The number of ether oxygens (including phenoxy) is 1. The van der Waals surface area contributed by atoms with Crippen LogP contribution in [0.1, 0.15) is 6.92 Å².